The molecule has 0 spiro atoms. The van der Waals surface area contributed by atoms with Crippen LogP contribution in [0.15, 0.2) is 23.6 Å². The van der Waals surface area contributed by atoms with Crippen LogP contribution in [0, 0.1) is 13.8 Å². The number of thiazole rings is 1. The van der Waals surface area contributed by atoms with E-state index < -0.39 is 0 Å². The van der Waals surface area contributed by atoms with Gasteiger partial charge in [-0.05, 0) is 31.0 Å². The third-order valence-corrected chi connectivity index (χ3v) is 3.68. The van der Waals surface area contributed by atoms with Crippen LogP contribution in [0.4, 0.5) is 5.13 Å². The lowest BCUT2D eigenvalue weighted by atomic mass is 10.1. The van der Waals surface area contributed by atoms with Gasteiger partial charge in [-0.1, -0.05) is 12.1 Å². The minimum atomic E-state index is -0.0940. The number of anilines is 1. The number of hydrogen-bond donors (Lipinski definition) is 2. The zero-order chi connectivity index (χ0) is 13.8. The molecule has 1 aromatic carbocycles. The molecule has 2 aromatic rings. The normalized spacial score (nSPS) is 10.5. The maximum absolute atomic E-state index is 11.4. The van der Waals surface area contributed by atoms with Crippen molar-refractivity contribution < 1.29 is 4.79 Å². The van der Waals surface area contributed by atoms with Crippen molar-refractivity contribution in [1.29, 1.82) is 0 Å². The lowest BCUT2D eigenvalue weighted by Gasteiger charge is -2.02. The summed E-state index contributed by atoms with van der Waals surface area (Å²) in [5.74, 6) is -0.0940. The molecule has 0 atom stereocenters. The monoisotopic (exact) mass is 275 g/mol. The fraction of sp³-hybridized carbons (Fsp3) is 0.286. The number of hydrogen-bond acceptors (Lipinski definition) is 4. The van der Waals surface area contributed by atoms with Gasteiger partial charge in [-0.3, -0.25) is 4.79 Å². The zero-order valence-corrected chi connectivity index (χ0v) is 11.9. The van der Waals surface area contributed by atoms with Crippen molar-refractivity contribution in [1.82, 2.24) is 4.98 Å². The van der Waals surface area contributed by atoms with Gasteiger partial charge in [-0.25, -0.2) is 4.98 Å². The lowest BCUT2D eigenvalue weighted by Crippen LogP contribution is -2.15. The lowest BCUT2D eigenvalue weighted by molar-refractivity contribution is -0.116. The van der Waals surface area contributed by atoms with Crippen LogP contribution in [0.25, 0.3) is 11.3 Å². The van der Waals surface area contributed by atoms with Crippen LogP contribution >= 0.6 is 11.3 Å². The van der Waals surface area contributed by atoms with E-state index in [1.165, 1.54) is 22.5 Å². The molecular weight excluding hydrogens is 258 g/mol. The Balaban J connectivity index is 2.16. The fourth-order valence-electron chi connectivity index (χ4n) is 1.68. The van der Waals surface area contributed by atoms with Crippen molar-refractivity contribution in [3.63, 3.8) is 0 Å². The third kappa shape index (κ3) is 3.39. The number of nitrogens with zero attached hydrogens (tertiary/aromatic N) is 1. The van der Waals surface area contributed by atoms with Gasteiger partial charge in [-0.15, -0.1) is 11.3 Å². The Bertz CT molecular complexity index is 592. The first kappa shape index (κ1) is 13.7. The van der Waals surface area contributed by atoms with Crippen LogP contribution in [0.5, 0.6) is 0 Å². The molecule has 3 N–H and O–H groups in total. The van der Waals surface area contributed by atoms with Gasteiger partial charge in [0.1, 0.15) is 0 Å². The van der Waals surface area contributed by atoms with E-state index in [0.717, 1.165) is 11.3 Å². The highest BCUT2D eigenvalue weighted by Crippen LogP contribution is 2.26. The van der Waals surface area contributed by atoms with Gasteiger partial charge in [-0.2, -0.15) is 0 Å². The number of nitrogens with one attached hydrogen (secondary N) is 1. The van der Waals surface area contributed by atoms with E-state index in [4.69, 9.17) is 5.73 Å². The Hall–Kier alpha value is -1.72. The number of carbonyl (C=O) groups is 1. The Morgan fingerprint density at radius 2 is 2.16 bits per heavy atom. The second-order valence-corrected chi connectivity index (χ2v) is 5.28. The SMILES string of the molecule is Cc1ccc(-c2csc(NC(=O)CCN)n2)cc1C. The van der Waals surface area contributed by atoms with Crippen molar-refractivity contribution in [3.05, 3.63) is 34.7 Å². The molecule has 4 nitrogen and oxygen atoms in total. The van der Waals surface area contributed by atoms with Crippen LogP contribution in [0.1, 0.15) is 17.5 Å². The van der Waals surface area contributed by atoms with E-state index in [2.05, 4.69) is 36.3 Å². The number of rotatable bonds is 4. The molecule has 1 aromatic heterocycles. The van der Waals surface area contributed by atoms with E-state index in [1.807, 2.05) is 11.4 Å². The number of amides is 1. The molecule has 0 fully saturated rings. The van der Waals surface area contributed by atoms with E-state index in [9.17, 15) is 4.79 Å². The smallest absolute Gasteiger partial charge is 0.227 e. The van der Waals surface area contributed by atoms with Crippen LogP contribution in [0.2, 0.25) is 0 Å². The largest absolute Gasteiger partial charge is 0.330 e. The summed E-state index contributed by atoms with van der Waals surface area (Å²) in [5, 5.41) is 5.31. The Morgan fingerprint density at radius 1 is 1.37 bits per heavy atom. The van der Waals surface area contributed by atoms with Crippen molar-refractivity contribution in [2.45, 2.75) is 20.3 Å². The molecule has 2 rings (SSSR count). The molecule has 0 aliphatic carbocycles. The van der Waals surface area contributed by atoms with Crippen LogP contribution in [-0.2, 0) is 4.79 Å². The second-order valence-electron chi connectivity index (χ2n) is 4.42. The first-order valence-corrected chi connectivity index (χ1v) is 7.01. The fourth-order valence-corrected chi connectivity index (χ4v) is 2.41. The standard InChI is InChI=1S/C14H17N3OS/c1-9-3-4-11(7-10(9)2)12-8-19-14(16-12)17-13(18)5-6-15/h3-4,7-8H,5-6,15H2,1-2H3,(H,16,17,18). The van der Waals surface area contributed by atoms with Gasteiger partial charge < -0.3 is 11.1 Å². The molecule has 5 heteroatoms. The Kier molecular flexibility index (Phi) is 4.29. The van der Waals surface area contributed by atoms with Crippen molar-refractivity contribution >= 4 is 22.4 Å². The Labute approximate surface area is 116 Å². The van der Waals surface area contributed by atoms with Gasteiger partial charge in [0.25, 0.3) is 0 Å². The minimum Gasteiger partial charge on any atom is -0.330 e. The number of benzene rings is 1. The number of nitrogens with two attached hydrogens (primary N) is 1. The van der Waals surface area contributed by atoms with Crippen molar-refractivity contribution in [2.24, 2.45) is 5.73 Å². The van der Waals surface area contributed by atoms with Gasteiger partial charge in [0, 0.05) is 23.9 Å². The molecule has 0 saturated heterocycles. The predicted molar refractivity (Wildman–Crippen MR) is 79.3 cm³/mol. The van der Waals surface area contributed by atoms with Crippen LogP contribution in [-0.4, -0.2) is 17.4 Å². The molecule has 0 radical (unpaired) electrons. The molecule has 0 unspecified atom stereocenters. The average Bonchev–Trinajstić information content (AvgIpc) is 2.81. The van der Waals surface area contributed by atoms with E-state index >= 15 is 0 Å². The van der Waals surface area contributed by atoms with E-state index in [1.54, 1.807) is 0 Å². The van der Waals surface area contributed by atoms with E-state index in [0.29, 0.717) is 18.1 Å². The molecule has 0 aliphatic rings. The predicted octanol–water partition coefficient (Wildman–Crippen LogP) is 2.71. The average molecular weight is 275 g/mol. The summed E-state index contributed by atoms with van der Waals surface area (Å²) >= 11 is 1.42. The third-order valence-electron chi connectivity index (χ3n) is 2.92. The summed E-state index contributed by atoms with van der Waals surface area (Å²) in [6.07, 6.45) is 0.318. The molecule has 0 saturated carbocycles. The highest BCUT2D eigenvalue weighted by molar-refractivity contribution is 7.14. The van der Waals surface area contributed by atoms with Crippen molar-refractivity contribution in [3.8, 4) is 11.3 Å². The second kappa shape index (κ2) is 5.95. The maximum atomic E-state index is 11.4. The number of carbonyl (C=O) groups excluding carboxylic acids is 1. The first-order valence-electron chi connectivity index (χ1n) is 6.13. The summed E-state index contributed by atoms with van der Waals surface area (Å²) < 4.78 is 0. The molecule has 0 aliphatic heterocycles. The molecule has 19 heavy (non-hydrogen) atoms. The molecule has 1 amide bonds. The first-order chi connectivity index (χ1) is 9.10. The highest BCUT2D eigenvalue weighted by Gasteiger charge is 2.08. The van der Waals surface area contributed by atoms with Gasteiger partial charge >= 0.3 is 0 Å². The summed E-state index contributed by atoms with van der Waals surface area (Å²) in [7, 11) is 0. The topological polar surface area (TPSA) is 68.0 Å². The highest BCUT2D eigenvalue weighted by atomic mass is 32.1. The van der Waals surface area contributed by atoms with Crippen LogP contribution in [0.3, 0.4) is 0 Å². The van der Waals surface area contributed by atoms with Gasteiger partial charge in [0.05, 0.1) is 5.69 Å². The summed E-state index contributed by atoms with van der Waals surface area (Å²) in [6.45, 7) is 4.51. The maximum Gasteiger partial charge on any atom is 0.227 e. The summed E-state index contributed by atoms with van der Waals surface area (Å²) in [6, 6.07) is 6.23. The number of aryl methyl sites for hydroxylation is 2. The molecular formula is C14H17N3OS. The zero-order valence-electron chi connectivity index (χ0n) is 11.1. The minimum absolute atomic E-state index is 0.0940. The van der Waals surface area contributed by atoms with Gasteiger partial charge in [0.2, 0.25) is 5.91 Å². The van der Waals surface area contributed by atoms with E-state index in [-0.39, 0.29) is 5.91 Å². The molecule has 0 bridgehead atoms. The van der Waals surface area contributed by atoms with Crippen LogP contribution < -0.4 is 11.1 Å². The van der Waals surface area contributed by atoms with Gasteiger partial charge in [0.15, 0.2) is 5.13 Å². The summed E-state index contributed by atoms with van der Waals surface area (Å²) in [5.41, 5.74) is 9.78. The van der Waals surface area contributed by atoms with Crippen molar-refractivity contribution in [2.75, 3.05) is 11.9 Å². The quantitative estimate of drug-likeness (QED) is 0.901. The summed E-state index contributed by atoms with van der Waals surface area (Å²) in [4.78, 5) is 15.9. The molecule has 1 heterocycles. The number of aromatic nitrogens is 1. The molecule has 100 valence electrons. The Morgan fingerprint density at radius 3 is 2.84 bits per heavy atom.